The molecule has 0 aliphatic carbocycles. The molecule has 1 N–H and O–H groups in total. The number of methoxy groups -OCH3 is 1. The number of hydrogen-bond acceptors (Lipinski definition) is 7. The van der Waals surface area contributed by atoms with Crippen LogP contribution in [0.2, 0.25) is 0 Å². The number of rotatable bonds is 7. The number of carbonyl (C=O) groups is 1. The molecular weight excluding hydrogens is 448 g/mol. The molecule has 2 aromatic carbocycles. The topological polar surface area (TPSA) is 98.5 Å². The van der Waals surface area contributed by atoms with Crippen molar-refractivity contribution in [1.82, 2.24) is 4.98 Å². The van der Waals surface area contributed by atoms with Crippen LogP contribution in [0.1, 0.15) is 21.9 Å². The zero-order chi connectivity index (χ0) is 22.7. The van der Waals surface area contributed by atoms with Crippen LogP contribution in [0.15, 0.2) is 75.4 Å². The van der Waals surface area contributed by atoms with Gasteiger partial charge in [0.05, 0.1) is 17.7 Å². The minimum atomic E-state index is -3.57. The van der Waals surface area contributed by atoms with Crippen LogP contribution in [0.3, 0.4) is 0 Å². The van der Waals surface area contributed by atoms with Gasteiger partial charge >= 0.3 is 0 Å². The van der Waals surface area contributed by atoms with E-state index < -0.39 is 15.7 Å². The van der Waals surface area contributed by atoms with Gasteiger partial charge in [0.1, 0.15) is 17.3 Å². The summed E-state index contributed by atoms with van der Waals surface area (Å²) in [5.41, 5.74) is 2.57. The van der Waals surface area contributed by atoms with Crippen LogP contribution in [0.25, 0.3) is 11.3 Å². The van der Waals surface area contributed by atoms with Gasteiger partial charge in [0.15, 0.2) is 20.7 Å². The Hall–Kier alpha value is -3.43. The van der Waals surface area contributed by atoms with Gasteiger partial charge in [-0.05, 0) is 43.3 Å². The van der Waals surface area contributed by atoms with Crippen molar-refractivity contribution in [2.45, 2.75) is 17.6 Å². The zero-order valence-electron chi connectivity index (χ0n) is 17.4. The highest BCUT2D eigenvalue weighted by Gasteiger charge is 2.20. The average Bonchev–Trinajstić information content (AvgIpc) is 3.44. The van der Waals surface area contributed by atoms with Gasteiger partial charge in [0.2, 0.25) is 0 Å². The number of ether oxygens (including phenoxy) is 1. The van der Waals surface area contributed by atoms with Gasteiger partial charge in [-0.15, -0.1) is 11.3 Å². The molecule has 0 radical (unpaired) electrons. The molecule has 0 bridgehead atoms. The van der Waals surface area contributed by atoms with Gasteiger partial charge in [-0.25, -0.2) is 13.4 Å². The number of thiazole rings is 1. The molecule has 1 amide bonds. The summed E-state index contributed by atoms with van der Waals surface area (Å²) in [5, 5.41) is 4.91. The van der Waals surface area contributed by atoms with Crippen LogP contribution in [0, 0.1) is 6.92 Å². The molecule has 2 aromatic heterocycles. The highest BCUT2D eigenvalue weighted by Crippen LogP contribution is 2.33. The molecule has 0 saturated heterocycles. The van der Waals surface area contributed by atoms with Crippen molar-refractivity contribution in [3.05, 3.63) is 83.1 Å². The maximum Gasteiger partial charge on any atom is 0.293 e. The molecule has 0 fully saturated rings. The Balaban J connectivity index is 1.47. The lowest BCUT2D eigenvalue weighted by atomic mass is 10.1. The van der Waals surface area contributed by atoms with Crippen molar-refractivity contribution in [2.75, 3.05) is 12.4 Å². The fourth-order valence-electron chi connectivity index (χ4n) is 3.11. The summed E-state index contributed by atoms with van der Waals surface area (Å²) < 4.78 is 35.9. The number of benzene rings is 2. The van der Waals surface area contributed by atoms with Gasteiger partial charge in [-0.2, -0.15) is 0 Å². The lowest BCUT2D eigenvalue weighted by molar-refractivity contribution is 0.0995. The fourth-order valence-corrected chi connectivity index (χ4v) is 5.09. The summed E-state index contributed by atoms with van der Waals surface area (Å²) in [5.74, 6) is 0.0368. The van der Waals surface area contributed by atoms with E-state index in [1.807, 2.05) is 30.5 Å². The number of hydrogen-bond donors (Lipinski definition) is 1. The van der Waals surface area contributed by atoms with Gasteiger partial charge < -0.3 is 9.15 Å². The largest absolute Gasteiger partial charge is 0.496 e. The Kier molecular flexibility index (Phi) is 6.11. The van der Waals surface area contributed by atoms with Crippen molar-refractivity contribution in [3.63, 3.8) is 0 Å². The summed E-state index contributed by atoms with van der Waals surface area (Å²) in [6.07, 6.45) is 0. The quantitative estimate of drug-likeness (QED) is 0.412. The van der Waals surface area contributed by atoms with Crippen molar-refractivity contribution in [1.29, 1.82) is 0 Å². The van der Waals surface area contributed by atoms with Crippen LogP contribution in [0.4, 0.5) is 5.13 Å². The summed E-state index contributed by atoms with van der Waals surface area (Å²) in [7, 11) is -1.98. The summed E-state index contributed by atoms with van der Waals surface area (Å²) in [4.78, 5) is 17.2. The van der Waals surface area contributed by atoms with E-state index in [1.54, 1.807) is 25.3 Å². The number of aryl methyl sites for hydroxylation is 1. The molecule has 164 valence electrons. The van der Waals surface area contributed by atoms with Crippen molar-refractivity contribution < 1.29 is 22.4 Å². The van der Waals surface area contributed by atoms with Crippen LogP contribution in [0.5, 0.6) is 5.75 Å². The Morgan fingerprint density at radius 3 is 2.66 bits per heavy atom. The van der Waals surface area contributed by atoms with Gasteiger partial charge in [-0.1, -0.05) is 29.8 Å². The number of carbonyl (C=O) groups excluding carboxylic acids is 1. The van der Waals surface area contributed by atoms with E-state index in [2.05, 4.69) is 10.3 Å². The first-order chi connectivity index (χ1) is 15.4. The van der Waals surface area contributed by atoms with Crippen molar-refractivity contribution in [3.8, 4) is 17.0 Å². The number of nitrogens with zero attached hydrogens (tertiary/aromatic N) is 1. The SMILES string of the molecule is COc1ccc(C)cc1-c1csc(NC(=O)c2ccc(CS(=O)(=O)c3ccccc3)o2)n1. The summed E-state index contributed by atoms with van der Waals surface area (Å²) in [6, 6.07) is 16.8. The highest BCUT2D eigenvalue weighted by atomic mass is 32.2. The van der Waals surface area contributed by atoms with Gasteiger partial charge in [0.25, 0.3) is 5.91 Å². The third-order valence-electron chi connectivity index (χ3n) is 4.68. The second kappa shape index (κ2) is 8.97. The molecule has 4 rings (SSSR count). The molecule has 32 heavy (non-hydrogen) atoms. The molecule has 0 unspecified atom stereocenters. The number of amides is 1. The van der Waals surface area contributed by atoms with E-state index in [0.29, 0.717) is 16.6 Å². The molecule has 2 heterocycles. The Morgan fingerprint density at radius 2 is 1.91 bits per heavy atom. The van der Waals surface area contributed by atoms with E-state index in [4.69, 9.17) is 9.15 Å². The Bertz CT molecular complexity index is 1360. The van der Waals surface area contributed by atoms with E-state index >= 15 is 0 Å². The fraction of sp³-hybridized carbons (Fsp3) is 0.130. The third-order valence-corrected chi connectivity index (χ3v) is 7.09. The molecular formula is C23H20N2O5S2. The van der Waals surface area contributed by atoms with Gasteiger partial charge in [-0.3, -0.25) is 10.1 Å². The maximum atomic E-state index is 12.6. The molecule has 0 saturated carbocycles. The first-order valence-electron chi connectivity index (χ1n) is 9.64. The van der Waals surface area contributed by atoms with Crippen molar-refractivity contribution in [2.24, 2.45) is 0 Å². The third kappa shape index (κ3) is 4.74. The van der Waals surface area contributed by atoms with Crippen LogP contribution < -0.4 is 10.1 Å². The highest BCUT2D eigenvalue weighted by molar-refractivity contribution is 7.90. The Labute approximate surface area is 189 Å². The molecule has 0 aliphatic heterocycles. The van der Waals surface area contributed by atoms with Crippen LogP contribution in [-0.2, 0) is 15.6 Å². The molecule has 0 atom stereocenters. The second-order valence-electron chi connectivity index (χ2n) is 7.03. The van der Waals surface area contributed by atoms with Crippen LogP contribution >= 0.6 is 11.3 Å². The maximum absolute atomic E-state index is 12.6. The number of sulfone groups is 1. The van der Waals surface area contributed by atoms with E-state index in [0.717, 1.165) is 11.1 Å². The predicted molar refractivity (Wildman–Crippen MR) is 123 cm³/mol. The lowest BCUT2D eigenvalue weighted by Crippen LogP contribution is -2.10. The zero-order valence-corrected chi connectivity index (χ0v) is 19.0. The van der Waals surface area contributed by atoms with E-state index in [1.165, 1.54) is 35.6 Å². The minimum Gasteiger partial charge on any atom is -0.496 e. The monoisotopic (exact) mass is 468 g/mol. The standard InChI is InChI=1S/C23H20N2O5S2/c1-15-8-10-20(29-2)18(12-15)19-13-31-23(24-19)25-22(26)21-11-9-16(30-21)14-32(27,28)17-6-4-3-5-7-17/h3-13H,14H2,1-2H3,(H,24,25,26). The van der Waals surface area contributed by atoms with Crippen LogP contribution in [-0.4, -0.2) is 26.4 Å². The van der Waals surface area contributed by atoms with E-state index in [9.17, 15) is 13.2 Å². The summed E-state index contributed by atoms with van der Waals surface area (Å²) >= 11 is 1.27. The Morgan fingerprint density at radius 1 is 1.12 bits per heavy atom. The molecule has 7 nitrogen and oxygen atoms in total. The molecule has 0 spiro atoms. The van der Waals surface area contributed by atoms with E-state index in [-0.39, 0.29) is 22.2 Å². The molecule has 4 aromatic rings. The molecule has 0 aliphatic rings. The average molecular weight is 469 g/mol. The summed E-state index contributed by atoms with van der Waals surface area (Å²) in [6.45, 7) is 1.98. The first kappa shape index (κ1) is 21.8. The second-order valence-corrected chi connectivity index (χ2v) is 9.88. The van der Waals surface area contributed by atoms with Crippen molar-refractivity contribution >= 4 is 32.2 Å². The number of nitrogens with one attached hydrogen (secondary N) is 1. The minimum absolute atomic E-state index is 0.00754. The first-order valence-corrected chi connectivity index (χ1v) is 12.2. The van der Waals surface area contributed by atoms with Gasteiger partial charge in [0, 0.05) is 10.9 Å². The number of furan rings is 1. The normalized spacial score (nSPS) is 11.3. The number of anilines is 1. The lowest BCUT2D eigenvalue weighted by Gasteiger charge is -2.07. The predicted octanol–water partition coefficient (Wildman–Crippen LogP) is 4.95. The molecule has 9 heteroatoms. The smallest absolute Gasteiger partial charge is 0.293 e. The number of aromatic nitrogens is 1.